The van der Waals surface area contributed by atoms with Crippen molar-refractivity contribution in [1.82, 2.24) is 30.0 Å². The lowest BCUT2D eigenvalue weighted by atomic mass is 10.1. The van der Waals surface area contributed by atoms with Crippen molar-refractivity contribution < 1.29 is 4.79 Å². The molecule has 1 aliphatic carbocycles. The van der Waals surface area contributed by atoms with E-state index in [-0.39, 0.29) is 11.8 Å². The summed E-state index contributed by atoms with van der Waals surface area (Å²) in [4.78, 5) is 30.1. The zero-order chi connectivity index (χ0) is 26.3. The van der Waals surface area contributed by atoms with Crippen LogP contribution in [0.2, 0.25) is 0 Å². The summed E-state index contributed by atoms with van der Waals surface area (Å²) in [5.41, 5.74) is 7.37. The fourth-order valence-electron chi connectivity index (χ4n) is 5.95. The van der Waals surface area contributed by atoms with Crippen molar-refractivity contribution >= 4 is 39.1 Å². The third kappa shape index (κ3) is 4.52. The molecule has 1 amide bonds. The summed E-state index contributed by atoms with van der Waals surface area (Å²) in [5.74, 6) is 0.187. The van der Waals surface area contributed by atoms with Crippen molar-refractivity contribution in [3.63, 3.8) is 0 Å². The summed E-state index contributed by atoms with van der Waals surface area (Å²) >= 11 is 0. The second kappa shape index (κ2) is 9.81. The van der Waals surface area contributed by atoms with E-state index in [4.69, 9.17) is 0 Å². The number of aromatic amines is 2. The largest absolute Gasteiger partial charge is 0.368 e. The Labute approximate surface area is 226 Å². The van der Waals surface area contributed by atoms with Gasteiger partial charge in [-0.05, 0) is 50.2 Å². The highest BCUT2D eigenvalue weighted by Gasteiger charge is 2.23. The second-order valence-electron chi connectivity index (χ2n) is 10.8. The number of fused-ring (bicyclic) bond motifs is 2. The first-order valence-electron chi connectivity index (χ1n) is 13.8. The summed E-state index contributed by atoms with van der Waals surface area (Å²) in [7, 11) is 2.18. The number of carbonyl (C=O) groups is 1. The van der Waals surface area contributed by atoms with E-state index in [9.17, 15) is 4.79 Å². The van der Waals surface area contributed by atoms with E-state index in [1.807, 2.05) is 18.3 Å². The molecule has 2 aliphatic rings. The fourth-order valence-corrected chi connectivity index (χ4v) is 5.95. The van der Waals surface area contributed by atoms with Crippen LogP contribution in [0.25, 0.3) is 44.5 Å². The number of pyridine rings is 2. The average Bonchev–Trinajstić information content (AvgIpc) is 3.73. The third-order valence-corrected chi connectivity index (χ3v) is 8.21. The Kier molecular flexibility index (Phi) is 6.00. The van der Waals surface area contributed by atoms with Gasteiger partial charge in [-0.25, -0.2) is 0 Å². The van der Waals surface area contributed by atoms with Gasteiger partial charge in [0.1, 0.15) is 5.69 Å². The van der Waals surface area contributed by atoms with E-state index in [1.54, 1.807) is 12.4 Å². The Bertz CT molecular complexity index is 1660. The summed E-state index contributed by atoms with van der Waals surface area (Å²) in [6, 6.07) is 12.6. The van der Waals surface area contributed by atoms with E-state index in [1.165, 1.54) is 11.1 Å². The number of likely N-dealkylation sites (N-methyl/N-ethyl adjacent to an activating group) is 1. The summed E-state index contributed by atoms with van der Waals surface area (Å²) in [5, 5.41) is 13.0. The monoisotopic (exact) mass is 520 g/mol. The van der Waals surface area contributed by atoms with Gasteiger partial charge in [-0.3, -0.25) is 19.9 Å². The molecule has 0 radical (unpaired) electrons. The van der Waals surface area contributed by atoms with Crippen LogP contribution in [0.5, 0.6) is 0 Å². The molecule has 5 heterocycles. The summed E-state index contributed by atoms with van der Waals surface area (Å²) < 4.78 is 0. The normalized spacial score (nSPS) is 16.9. The van der Waals surface area contributed by atoms with Gasteiger partial charge < -0.3 is 20.1 Å². The van der Waals surface area contributed by atoms with Crippen LogP contribution in [0.3, 0.4) is 0 Å². The molecule has 198 valence electrons. The lowest BCUT2D eigenvalue weighted by Gasteiger charge is -2.34. The van der Waals surface area contributed by atoms with Gasteiger partial charge in [-0.15, -0.1) is 0 Å². The molecule has 4 aromatic heterocycles. The van der Waals surface area contributed by atoms with Crippen LogP contribution in [-0.2, 0) is 4.79 Å². The summed E-state index contributed by atoms with van der Waals surface area (Å²) in [6.07, 6.45) is 9.46. The maximum atomic E-state index is 12.6. The molecule has 1 saturated heterocycles. The Hall–Kier alpha value is -4.24. The first kappa shape index (κ1) is 23.8. The number of nitrogens with one attached hydrogen (secondary N) is 3. The topological polar surface area (TPSA) is 106 Å². The Morgan fingerprint density at radius 2 is 1.82 bits per heavy atom. The van der Waals surface area contributed by atoms with E-state index >= 15 is 0 Å². The number of amides is 1. The molecule has 0 spiro atoms. The quantitative estimate of drug-likeness (QED) is 0.300. The maximum absolute atomic E-state index is 12.6. The van der Waals surface area contributed by atoms with Crippen molar-refractivity contribution in [3.05, 3.63) is 55.0 Å². The van der Waals surface area contributed by atoms with Gasteiger partial charge in [-0.2, -0.15) is 5.10 Å². The van der Waals surface area contributed by atoms with E-state index < -0.39 is 0 Å². The molecule has 9 heteroatoms. The smallest absolute Gasteiger partial charge is 0.227 e. The van der Waals surface area contributed by atoms with Crippen LogP contribution in [0, 0.1) is 5.92 Å². The van der Waals surface area contributed by atoms with Gasteiger partial charge >= 0.3 is 0 Å². The molecule has 3 N–H and O–H groups in total. The first-order valence-corrected chi connectivity index (χ1v) is 13.8. The van der Waals surface area contributed by atoms with Gasteiger partial charge in [-0.1, -0.05) is 18.9 Å². The molecule has 39 heavy (non-hydrogen) atoms. The average molecular weight is 521 g/mol. The molecule has 7 rings (SSSR count). The minimum absolute atomic E-state index is 0.0849. The van der Waals surface area contributed by atoms with Crippen LogP contribution in [-0.4, -0.2) is 69.2 Å². The third-order valence-electron chi connectivity index (χ3n) is 8.21. The molecular formula is C30H32N8O. The van der Waals surface area contributed by atoms with Gasteiger partial charge in [0.15, 0.2) is 0 Å². The van der Waals surface area contributed by atoms with Crippen molar-refractivity contribution in [2.75, 3.05) is 43.4 Å². The lowest BCUT2D eigenvalue weighted by molar-refractivity contribution is -0.119. The molecule has 5 aromatic rings. The predicted octanol–water partition coefficient (Wildman–Crippen LogP) is 5.05. The van der Waals surface area contributed by atoms with Crippen molar-refractivity contribution in [2.45, 2.75) is 25.7 Å². The Morgan fingerprint density at radius 3 is 2.67 bits per heavy atom. The second-order valence-corrected chi connectivity index (χ2v) is 10.8. The molecule has 0 bridgehead atoms. The van der Waals surface area contributed by atoms with Crippen LogP contribution in [0.4, 0.5) is 11.4 Å². The number of anilines is 2. The molecule has 1 aromatic carbocycles. The highest BCUT2D eigenvalue weighted by molar-refractivity contribution is 6.00. The number of rotatable bonds is 5. The van der Waals surface area contributed by atoms with E-state index in [0.29, 0.717) is 5.69 Å². The molecule has 9 nitrogen and oxygen atoms in total. The van der Waals surface area contributed by atoms with E-state index in [0.717, 1.165) is 90.9 Å². The van der Waals surface area contributed by atoms with Gasteiger partial charge in [0.2, 0.25) is 5.91 Å². The van der Waals surface area contributed by atoms with Gasteiger partial charge in [0, 0.05) is 65.8 Å². The van der Waals surface area contributed by atoms with Crippen LogP contribution < -0.4 is 10.2 Å². The SMILES string of the molecule is CN1CCN(c2cccc3[nH]c(-c4n[nH]c5cnc(-c6cncc(NC(=O)C7CCCC7)c6)cc45)cc23)CC1. The molecular weight excluding hydrogens is 488 g/mol. The standard InChI is InChI=1S/C30H32N8O/c1-37-9-11-38(12-10-37)28-8-4-7-24-22(28)14-26(34-24)29-23-15-25(32-18-27(23)35-36-29)20-13-21(17-31-16-20)33-30(39)19-5-2-3-6-19/h4,7-8,13-19,34H,2-3,5-6,9-12H2,1H3,(H,33,39)(H,35,36). The maximum Gasteiger partial charge on any atom is 0.227 e. The van der Waals surface area contributed by atoms with Crippen LogP contribution >= 0.6 is 0 Å². The van der Waals surface area contributed by atoms with Crippen molar-refractivity contribution in [2.24, 2.45) is 5.92 Å². The number of hydrogen-bond acceptors (Lipinski definition) is 6. The Balaban J connectivity index is 1.21. The number of benzene rings is 1. The fraction of sp³-hybridized carbons (Fsp3) is 0.333. The van der Waals surface area contributed by atoms with E-state index in [2.05, 4.69) is 71.6 Å². The number of hydrogen-bond donors (Lipinski definition) is 3. The predicted molar refractivity (Wildman–Crippen MR) is 155 cm³/mol. The van der Waals surface area contributed by atoms with Crippen molar-refractivity contribution in [3.8, 4) is 22.6 Å². The zero-order valence-corrected chi connectivity index (χ0v) is 22.1. The molecule has 2 fully saturated rings. The zero-order valence-electron chi connectivity index (χ0n) is 22.1. The molecule has 0 atom stereocenters. The number of H-pyrrole nitrogens is 2. The van der Waals surface area contributed by atoms with Crippen molar-refractivity contribution in [1.29, 1.82) is 0 Å². The number of carbonyl (C=O) groups excluding carboxylic acids is 1. The minimum Gasteiger partial charge on any atom is -0.368 e. The van der Waals surface area contributed by atoms with Crippen LogP contribution in [0.1, 0.15) is 25.7 Å². The minimum atomic E-state index is 0.0849. The molecule has 1 aliphatic heterocycles. The highest BCUT2D eigenvalue weighted by Crippen LogP contribution is 2.35. The van der Waals surface area contributed by atoms with Gasteiger partial charge in [0.05, 0.1) is 35.0 Å². The highest BCUT2D eigenvalue weighted by atomic mass is 16.1. The summed E-state index contributed by atoms with van der Waals surface area (Å²) in [6.45, 7) is 4.16. The van der Waals surface area contributed by atoms with Crippen LogP contribution in [0.15, 0.2) is 55.0 Å². The lowest BCUT2D eigenvalue weighted by Crippen LogP contribution is -2.44. The van der Waals surface area contributed by atoms with Gasteiger partial charge in [0.25, 0.3) is 0 Å². The first-order chi connectivity index (χ1) is 19.1. The number of aromatic nitrogens is 5. The molecule has 0 unspecified atom stereocenters. The Morgan fingerprint density at radius 1 is 0.974 bits per heavy atom. The number of piperazine rings is 1. The number of nitrogens with zero attached hydrogens (tertiary/aromatic N) is 5. The molecule has 1 saturated carbocycles.